The third-order valence-electron chi connectivity index (χ3n) is 2.51. The summed E-state index contributed by atoms with van der Waals surface area (Å²) in [7, 11) is 0. The minimum Gasteiger partial charge on any atom is -0.481 e. The minimum atomic E-state index is -0.856. The number of halogens is 2. The second-order valence-corrected chi connectivity index (χ2v) is 4.91. The molecule has 0 aliphatic rings. The average Bonchev–Trinajstić information content (AvgIpc) is 2.36. The molecule has 0 radical (unpaired) electrons. The lowest BCUT2D eigenvalue weighted by Crippen LogP contribution is -2.25. The number of carboxylic acids is 1. The van der Waals surface area contributed by atoms with E-state index in [-0.39, 0.29) is 12.3 Å². The number of benzene rings is 1. The molecule has 1 amide bonds. The molecule has 0 fully saturated rings. The largest absolute Gasteiger partial charge is 0.481 e. The Morgan fingerprint density at radius 2 is 1.89 bits per heavy atom. The van der Waals surface area contributed by atoms with Gasteiger partial charge in [0.2, 0.25) is 5.91 Å². The van der Waals surface area contributed by atoms with Crippen LogP contribution in [0.5, 0.6) is 0 Å². The van der Waals surface area contributed by atoms with E-state index in [9.17, 15) is 9.59 Å². The first-order valence-electron chi connectivity index (χ1n) is 5.91. The molecule has 0 aliphatic carbocycles. The maximum Gasteiger partial charge on any atom is 0.303 e. The van der Waals surface area contributed by atoms with Crippen molar-refractivity contribution in [2.45, 2.75) is 25.7 Å². The molecule has 0 spiro atoms. The Bertz CT molecular complexity index is 463. The van der Waals surface area contributed by atoms with Gasteiger partial charge >= 0.3 is 5.97 Å². The number of aliphatic carboxylic acids is 1. The van der Waals surface area contributed by atoms with Gasteiger partial charge in [-0.2, -0.15) is 0 Å². The number of aryl methyl sites for hydroxylation is 1. The summed E-state index contributed by atoms with van der Waals surface area (Å²) in [5, 5.41) is 12.1. The van der Waals surface area contributed by atoms with Crippen LogP contribution in [0.2, 0.25) is 10.0 Å². The molecule has 0 unspecified atom stereocenters. The summed E-state index contributed by atoms with van der Waals surface area (Å²) in [6.07, 6.45) is 1.41. The highest BCUT2D eigenvalue weighted by Crippen LogP contribution is 2.23. The Morgan fingerprint density at radius 1 is 1.16 bits per heavy atom. The predicted molar refractivity (Wildman–Crippen MR) is 74.7 cm³/mol. The van der Waals surface area contributed by atoms with E-state index in [2.05, 4.69) is 5.32 Å². The van der Waals surface area contributed by atoms with Gasteiger partial charge in [0.05, 0.1) is 10.0 Å². The number of hydrogen-bond donors (Lipinski definition) is 2. The summed E-state index contributed by atoms with van der Waals surface area (Å²) in [5.41, 5.74) is 0.940. The van der Waals surface area contributed by atoms with Gasteiger partial charge in [0.15, 0.2) is 0 Å². The molecule has 4 nitrogen and oxygen atoms in total. The Kier molecular flexibility index (Phi) is 6.67. The molecular weight excluding hydrogens is 289 g/mol. The Balaban J connectivity index is 2.26. The van der Waals surface area contributed by atoms with Crippen molar-refractivity contribution >= 4 is 35.1 Å². The van der Waals surface area contributed by atoms with E-state index in [1.807, 2.05) is 6.07 Å². The Morgan fingerprint density at radius 3 is 2.53 bits per heavy atom. The molecule has 0 atom stereocenters. The number of carboxylic acid groups (broad SMARTS) is 1. The first-order chi connectivity index (χ1) is 8.99. The zero-order valence-corrected chi connectivity index (χ0v) is 11.8. The van der Waals surface area contributed by atoms with Crippen molar-refractivity contribution in [3.63, 3.8) is 0 Å². The average molecular weight is 304 g/mol. The minimum absolute atomic E-state index is 0.0626. The second-order valence-electron chi connectivity index (χ2n) is 4.10. The van der Waals surface area contributed by atoms with Crippen LogP contribution in [-0.2, 0) is 16.0 Å². The van der Waals surface area contributed by atoms with E-state index < -0.39 is 5.97 Å². The van der Waals surface area contributed by atoms with Crippen molar-refractivity contribution in [2.24, 2.45) is 0 Å². The van der Waals surface area contributed by atoms with Crippen LogP contribution in [0.4, 0.5) is 0 Å². The Labute approximate surface area is 121 Å². The smallest absolute Gasteiger partial charge is 0.303 e. The van der Waals surface area contributed by atoms with Gasteiger partial charge < -0.3 is 10.4 Å². The van der Waals surface area contributed by atoms with E-state index in [0.717, 1.165) is 5.56 Å². The number of amides is 1. The lowest BCUT2D eigenvalue weighted by atomic mass is 10.1. The highest BCUT2D eigenvalue weighted by molar-refractivity contribution is 6.42. The molecule has 0 aromatic heterocycles. The zero-order valence-electron chi connectivity index (χ0n) is 10.3. The van der Waals surface area contributed by atoms with Gasteiger partial charge in [-0.15, -0.1) is 0 Å². The number of carbonyl (C=O) groups is 2. The van der Waals surface area contributed by atoms with Crippen LogP contribution in [-0.4, -0.2) is 23.5 Å². The summed E-state index contributed by atoms with van der Waals surface area (Å²) < 4.78 is 0. The third kappa shape index (κ3) is 6.45. The molecule has 1 aromatic rings. The Hall–Kier alpha value is -1.26. The molecule has 2 N–H and O–H groups in total. The maximum atomic E-state index is 11.5. The summed E-state index contributed by atoms with van der Waals surface area (Å²) in [6, 6.07) is 5.26. The van der Waals surface area contributed by atoms with Crippen molar-refractivity contribution in [3.05, 3.63) is 33.8 Å². The van der Waals surface area contributed by atoms with Crippen molar-refractivity contribution in [3.8, 4) is 0 Å². The molecule has 0 bridgehead atoms. The molecule has 1 aromatic carbocycles. The lowest BCUT2D eigenvalue weighted by Gasteiger charge is -2.05. The molecule has 0 heterocycles. The summed E-state index contributed by atoms with van der Waals surface area (Å²) in [4.78, 5) is 21.8. The fourth-order valence-electron chi connectivity index (χ4n) is 1.51. The van der Waals surface area contributed by atoms with Crippen LogP contribution in [0.25, 0.3) is 0 Å². The van der Waals surface area contributed by atoms with Crippen LogP contribution in [0.3, 0.4) is 0 Å². The van der Waals surface area contributed by atoms with Gasteiger partial charge in [0.1, 0.15) is 0 Å². The van der Waals surface area contributed by atoms with Gasteiger partial charge in [-0.25, -0.2) is 0 Å². The third-order valence-corrected chi connectivity index (χ3v) is 3.25. The number of nitrogens with one attached hydrogen (secondary N) is 1. The van der Waals surface area contributed by atoms with E-state index in [0.29, 0.717) is 35.9 Å². The van der Waals surface area contributed by atoms with Crippen molar-refractivity contribution in [1.29, 1.82) is 0 Å². The molecule has 1 rings (SSSR count). The van der Waals surface area contributed by atoms with Crippen molar-refractivity contribution in [1.82, 2.24) is 5.32 Å². The van der Waals surface area contributed by atoms with Gasteiger partial charge in [0, 0.05) is 19.4 Å². The predicted octanol–water partition coefficient (Wildman–Crippen LogP) is 2.91. The second kappa shape index (κ2) is 8.02. The van der Waals surface area contributed by atoms with E-state index in [1.165, 1.54) is 0 Å². The first-order valence-corrected chi connectivity index (χ1v) is 6.67. The van der Waals surface area contributed by atoms with Crippen LogP contribution in [0, 0.1) is 0 Å². The zero-order chi connectivity index (χ0) is 14.3. The summed E-state index contributed by atoms with van der Waals surface area (Å²) in [6.45, 7) is 0.381. The standard InChI is InChI=1S/C13H15Cl2NO3/c14-10-5-3-9(8-11(10)15)4-6-12(17)16-7-1-2-13(18)19/h3,5,8H,1-2,4,6-7H2,(H,16,17)(H,18,19). The fraction of sp³-hybridized carbons (Fsp3) is 0.385. The van der Waals surface area contributed by atoms with Gasteiger partial charge in [-0.1, -0.05) is 29.3 Å². The number of hydrogen-bond acceptors (Lipinski definition) is 2. The molecule has 6 heteroatoms. The molecule has 0 aliphatic heterocycles. The molecule has 19 heavy (non-hydrogen) atoms. The SMILES string of the molecule is O=C(O)CCCNC(=O)CCc1ccc(Cl)c(Cl)c1. The summed E-state index contributed by atoms with van der Waals surface area (Å²) in [5.74, 6) is -0.957. The molecular formula is C13H15Cl2NO3. The van der Waals surface area contributed by atoms with Crippen LogP contribution in [0.15, 0.2) is 18.2 Å². The molecule has 104 valence electrons. The topological polar surface area (TPSA) is 66.4 Å². The highest BCUT2D eigenvalue weighted by atomic mass is 35.5. The maximum absolute atomic E-state index is 11.5. The van der Waals surface area contributed by atoms with E-state index in [4.69, 9.17) is 28.3 Å². The fourth-order valence-corrected chi connectivity index (χ4v) is 1.83. The highest BCUT2D eigenvalue weighted by Gasteiger charge is 2.04. The van der Waals surface area contributed by atoms with Crippen LogP contribution < -0.4 is 5.32 Å². The monoisotopic (exact) mass is 303 g/mol. The van der Waals surface area contributed by atoms with Gasteiger partial charge in [-0.05, 0) is 30.5 Å². The number of carbonyl (C=O) groups excluding carboxylic acids is 1. The summed E-state index contributed by atoms with van der Waals surface area (Å²) >= 11 is 11.7. The van der Waals surface area contributed by atoms with E-state index >= 15 is 0 Å². The quantitative estimate of drug-likeness (QED) is 0.761. The van der Waals surface area contributed by atoms with Gasteiger partial charge in [0.25, 0.3) is 0 Å². The molecule has 0 saturated carbocycles. The van der Waals surface area contributed by atoms with E-state index in [1.54, 1.807) is 12.1 Å². The lowest BCUT2D eigenvalue weighted by molar-refractivity contribution is -0.137. The van der Waals surface area contributed by atoms with Gasteiger partial charge in [-0.3, -0.25) is 9.59 Å². The van der Waals surface area contributed by atoms with Crippen molar-refractivity contribution in [2.75, 3.05) is 6.54 Å². The van der Waals surface area contributed by atoms with Crippen LogP contribution >= 0.6 is 23.2 Å². The first kappa shape index (κ1) is 15.8. The van der Waals surface area contributed by atoms with Crippen molar-refractivity contribution < 1.29 is 14.7 Å². The molecule has 0 saturated heterocycles. The van der Waals surface area contributed by atoms with Crippen LogP contribution in [0.1, 0.15) is 24.8 Å². The normalized spacial score (nSPS) is 10.2. The number of rotatable bonds is 7.